The molecular weight excluding hydrogens is 300 g/mol. The van der Waals surface area contributed by atoms with E-state index in [1.54, 1.807) is 0 Å². The van der Waals surface area contributed by atoms with Gasteiger partial charge in [-0.25, -0.2) is 0 Å². The van der Waals surface area contributed by atoms with Gasteiger partial charge in [0.15, 0.2) is 5.78 Å². The fraction of sp³-hybridized carbons (Fsp3) is 0.750. The van der Waals surface area contributed by atoms with E-state index in [0.717, 1.165) is 45.4 Å². The average molecular weight is 332 g/mol. The van der Waals surface area contributed by atoms with Crippen molar-refractivity contribution in [3.05, 3.63) is 23.5 Å². The molecular formula is C20H32N2O2. The van der Waals surface area contributed by atoms with Crippen molar-refractivity contribution >= 4 is 5.78 Å². The molecule has 0 saturated carbocycles. The summed E-state index contributed by atoms with van der Waals surface area (Å²) in [5, 5.41) is 10.1. The van der Waals surface area contributed by atoms with Gasteiger partial charge >= 0.3 is 0 Å². The second-order valence-electron chi connectivity index (χ2n) is 9.36. The minimum atomic E-state index is -0.318. The van der Waals surface area contributed by atoms with Crippen LogP contribution >= 0.6 is 0 Å². The van der Waals surface area contributed by atoms with E-state index in [1.165, 1.54) is 11.4 Å². The largest absolute Gasteiger partial charge is 0.389 e. The lowest BCUT2D eigenvalue weighted by Crippen LogP contribution is -2.47. The van der Waals surface area contributed by atoms with Crippen LogP contribution in [0.2, 0.25) is 0 Å². The number of carbonyl (C=O) groups excluding carboxylic acids is 1. The summed E-state index contributed by atoms with van der Waals surface area (Å²) in [6.45, 7) is 12.7. The van der Waals surface area contributed by atoms with Crippen LogP contribution in [0.15, 0.2) is 23.5 Å². The van der Waals surface area contributed by atoms with Gasteiger partial charge in [0.2, 0.25) is 0 Å². The molecule has 3 rings (SSSR count). The minimum absolute atomic E-state index is 0.0817. The number of allylic oxidation sites excluding steroid dienone is 3. The van der Waals surface area contributed by atoms with Crippen molar-refractivity contribution < 1.29 is 9.90 Å². The third kappa shape index (κ3) is 4.02. The molecule has 1 N–H and O–H groups in total. The van der Waals surface area contributed by atoms with Crippen molar-refractivity contribution in [2.75, 3.05) is 26.2 Å². The molecule has 24 heavy (non-hydrogen) atoms. The Bertz CT molecular complexity index is 566. The number of aliphatic hydroxyl groups excluding tert-OH is 1. The number of nitrogens with zero attached hydrogens (tertiary/aromatic N) is 2. The third-order valence-corrected chi connectivity index (χ3v) is 5.54. The number of aliphatic hydroxyl groups is 1. The Labute approximate surface area is 146 Å². The van der Waals surface area contributed by atoms with Crippen LogP contribution in [0.5, 0.6) is 0 Å². The average Bonchev–Trinajstić information content (AvgIpc) is 2.43. The first-order valence-corrected chi connectivity index (χ1v) is 9.26. The summed E-state index contributed by atoms with van der Waals surface area (Å²) >= 11 is 0. The maximum atomic E-state index is 12.0. The topological polar surface area (TPSA) is 43.8 Å². The normalized spacial score (nSPS) is 30.0. The SMILES string of the molecule is CC1(C)CC(=O)C=C(N2CCN(C3=CC(O)CC(C)(C)C3)CC2)C1. The van der Waals surface area contributed by atoms with Gasteiger partial charge in [-0.1, -0.05) is 27.7 Å². The maximum absolute atomic E-state index is 12.0. The van der Waals surface area contributed by atoms with Crippen LogP contribution in [-0.2, 0) is 4.79 Å². The number of rotatable bonds is 2. The van der Waals surface area contributed by atoms with Gasteiger partial charge in [-0.3, -0.25) is 4.79 Å². The van der Waals surface area contributed by atoms with Crippen molar-refractivity contribution in [3.8, 4) is 0 Å². The maximum Gasteiger partial charge on any atom is 0.157 e. The zero-order valence-electron chi connectivity index (χ0n) is 15.6. The van der Waals surface area contributed by atoms with Crippen LogP contribution < -0.4 is 0 Å². The molecule has 0 bridgehead atoms. The van der Waals surface area contributed by atoms with E-state index in [2.05, 4.69) is 37.5 Å². The highest BCUT2D eigenvalue weighted by molar-refractivity contribution is 5.91. The summed E-state index contributed by atoms with van der Waals surface area (Å²) < 4.78 is 0. The molecule has 0 aromatic carbocycles. The Morgan fingerprint density at radius 1 is 0.917 bits per heavy atom. The first-order valence-electron chi connectivity index (χ1n) is 9.26. The summed E-state index contributed by atoms with van der Waals surface area (Å²) in [4.78, 5) is 16.8. The Morgan fingerprint density at radius 3 is 2.00 bits per heavy atom. The second kappa shape index (κ2) is 6.21. The van der Waals surface area contributed by atoms with Crippen LogP contribution in [0.1, 0.15) is 53.4 Å². The van der Waals surface area contributed by atoms with Gasteiger partial charge in [-0.05, 0) is 36.2 Å². The van der Waals surface area contributed by atoms with E-state index in [-0.39, 0.29) is 22.7 Å². The Morgan fingerprint density at radius 2 is 1.46 bits per heavy atom. The summed E-state index contributed by atoms with van der Waals surface area (Å²) in [5.41, 5.74) is 2.77. The molecule has 134 valence electrons. The number of hydrogen-bond donors (Lipinski definition) is 1. The van der Waals surface area contributed by atoms with E-state index in [4.69, 9.17) is 0 Å². The molecule has 2 aliphatic carbocycles. The molecule has 0 radical (unpaired) electrons. The number of carbonyl (C=O) groups is 1. The van der Waals surface area contributed by atoms with Crippen LogP contribution in [0.4, 0.5) is 0 Å². The molecule has 0 aromatic rings. The van der Waals surface area contributed by atoms with Crippen molar-refractivity contribution in [2.45, 2.75) is 59.5 Å². The van der Waals surface area contributed by atoms with Crippen molar-refractivity contribution in [2.24, 2.45) is 10.8 Å². The quantitative estimate of drug-likeness (QED) is 0.844. The molecule has 4 nitrogen and oxygen atoms in total. The Kier molecular flexibility index (Phi) is 4.54. The summed E-state index contributed by atoms with van der Waals surface area (Å²) in [6, 6.07) is 0. The first-order chi connectivity index (χ1) is 11.1. The molecule has 1 aliphatic heterocycles. The lowest BCUT2D eigenvalue weighted by molar-refractivity contribution is -0.117. The molecule has 4 heteroatoms. The summed E-state index contributed by atoms with van der Waals surface area (Å²) in [5.74, 6) is 0.267. The van der Waals surface area contributed by atoms with E-state index >= 15 is 0 Å². The Balaban J connectivity index is 1.63. The monoisotopic (exact) mass is 332 g/mol. The van der Waals surface area contributed by atoms with Gasteiger partial charge < -0.3 is 14.9 Å². The van der Waals surface area contributed by atoms with E-state index in [9.17, 15) is 9.90 Å². The van der Waals surface area contributed by atoms with Crippen molar-refractivity contribution in [3.63, 3.8) is 0 Å². The lowest BCUT2D eigenvalue weighted by atomic mass is 9.77. The predicted octanol–water partition coefficient (Wildman–Crippen LogP) is 2.94. The fourth-order valence-corrected chi connectivity index (χ4v) is 4.48. The summed E-state index contributed by atoms with van der Waals surface area (Å²) in [6.07, 6.45) is 7.14. The smallest absolute Gasteiger partial charge is 0.157 e. The molecule has 0 amide bonds. The number of hydrogen-bond acceptors (Lipinski definition) is 4. The van der Waals surface area contributed by atoms with E-state index in [1.807, 2.05) is 12.2 Å². The molecule has 1 atom stereocenters. The van der Waals surface area contributed by atoms with Gasteiger partial charge in [0.25, 0.3) is 0 Å². The van der Waals surface area contributed by atoms with Gasteiger partial charge in [0, 0.05) is 50.1 Å². The molecule has 1 heterocycles. The molecule has 0 spiro atoms. The van der Waals surface area contributed by atoms with Gasteiger partial charge in [0.1, 0.15) is 0 Å². The van der Waals surface area contributed by atoms with E-state index < -0.39 is 0 Å². The molecule has 1 fully saturated rings. The van der Waals surface area contributed by atoms with Crippen LogP contribution in [0.25, 0.3) is 0 Å². The highest BCUT2D eigenvalue weighted by Gasteiger charge is 2.33. The highest BCUT2D eigenvalue weighted by Crippen LogP contribution is 2.38. The van der Waals surface area contributed by atoms with Gasteiger partial charge in [-0.2, -0.15) is 0 Å². The molecule has 3 aliphatic rings. The third-order valence-electron chi connectivity index (χ3n) is 5.54. The van der Waals surface area contributed by atoms with Gasteiger partial charge in [-0.15, -0.1) is 0 Å². The minimum Gasteiger partial charge on any atom is -0.389 e. The van der Waals surface area contributed by atoms with E-state index in [0.29, 0.717) is 6.42 Å². The van der Waals surface area contributed by atoms with Crippen LogP contribution in [0.3, 0.4) is 0 Å². The molecule has 0 aromatic heterocycles. The molecule has 1 unspecified atom stereocenters. The standard InChI is InChI=1S/C20H32N2O2/c1-19(2)11-15(9-17(23)13-19)21-5-7-22(8-6-21)16-10-18(24)14-20(3,4)12-16/h9-10,17,23H,5-8,11-14H2,1-4H3. The van der Waals surface area contributed by atoms with Crippen molar-refractivity contribution in [1.82, 2.24) is 9.80 Å². The molecule has 1 saturated heterocycles. The van der Waals surface area contributed by atoms with Crippen molar-refractivity contribution in [1.29, 1.82) is 0 Å². The fourth-order valence-electron chi connectivity index (χ4n) is 4.48. The lowest BCUT2D eigenvalue weighted by Gasteiger charge is -2.44. The Hall–Kier alpha value is -1.29. The van der Waals surface area contributed by atoms with Gasteiger partial charge in [0.05, 0.1) is 6.10 Å². The number of piperazine rings is 1. The zero-order chi connectivity index (χ0) is 17.5. The van der Waals surface area contributed by atoms with Crippen LogP contribution in [0, 0.1) is 10.8 Å². The highest BCUT2D eigenvalue weighted by atomic mass is 16.3. The summed E-state index contributed by atoms with van der Waals surface area (Å²) in [7, 11) is 0. The zero-order valence-corrected chi connectivity index (χ0v) is 15.6. The number of ketones is 1. The predicted molar refractivity (Wildman–Crippen MR) is 96.4 cm³/mol. The first kappa shape index (κ1) is 17.5. The van der Waals surface area contributed by atoms with Crippen LogP contribution in [-0.4, -0.2) is 53.0 Å². The second-order valence-corrected chi connectivity index (χ2v) is 9.36.